The zero-order valence-electron chi connectivity index (χ0n) is 12.5. The van der Waals surface area contributed by atoms with Gasteiger partial charge in [0.25, 0.3) is 0 Å². The summed E-state index contributed by atoms with van der Waals surface area (Å²) in [6, 6.07) is 8.64. The fourth-order valence-corrected chi connectivity index (χ4v) is 2.47. The highest BCUT2D eigenvalue weighted by Gasteiger charge is 2.21. The first-order valence-electron chi connectivity index (χ1n) is 7.44. The highest BCUT2D eigenvalue weighted by atomic mass is 16.5. The molecule has 1 heterocycles. The van der Waals surface area contributed by atoms with E-state index in [2.05, 4.69) is 36.2 Å². The summed E-state index contributed by atoms with van der Waals surface area (Å²) in [4.78, 5) is 2.46. The van der Waals surface area contributed by atoms with E-state index in [1.807, 2.05) is 12.1 Å². The minimum absolute atomic E-state index is 0.106. The van der Waals surface area contributed by atoms with Gasteiger partial charge >= 0.3 is 0 Å². The van der Waals surface area contributed by atoms with Gasteiger partial charge in [-0.3, -0.25) is 4.90 Å². The van der Waals surface area contributed by atoms with Crippen molar-refractivity contribution in [3.8, 4) is 0 Å². The zero-order valence-corrected chi connectivity index (χ0v) is 12.5. The molecule has 1 saturated heterocycles. The standard InChI is InChI=1S/C16H26N2O2/c1-13(2)18-7-8-20-16(11-18)10-17-9-14-3-5-15(12-19)6-4-14/h3-6,13,16-17,19H,7-12H2,1-2H3. The number of rotatable bonds is 6. The van der Waals surface area contributed by atoms with E-state index in [-0.39, 0.29) is 12.7 Å². The van der Waals surface area contributed by atoms with E-state index >= 15 is 0 Å². The predicted octanol–water partition coefficient (Wildman–Crippen LogP) is 1.38. The van der Waals surface area contributed by atoms with Gasteiger partial charge in [0.2, 0.25) is 0 Å². The number of hydrogen-bond acceptors (Lipinski definition) is 4. The molecular weight excluding hydrogens is 252 g/mol. The normalized spacial score (nSPS) is 20.5. The first kappa shape index (κ1) is 15.4. The number of aliphatic hydroxyl groups excluding tert-OH is 1. The third-order valence-corrected chi connectivity index (χ3v) is 3.81. The van der Waals surface area contributed by atoms with Crippen molar-refractivity contribution in [1.29, 1.82) is 0 Å². The van der Waals surface area contributed by atoms with E-state index in [1.165, 1.54) is 5.56 Å². The second-order valence-electron chi connectivity index (χ2n) is 5.69. The van der Waals surface area contributed by atoms with Gasteiger partial charge in [-0.05, 0) is 25.0 Å². The molecule has 0 bridgehead atoms. The van der Waals surface area contributed by atoms with Crippen molar-refractivity contribution < 1.29 is 9.84 Å². The van der Waals surface area contributed by atoms with Crippen LogP contribution in [0.5, 0.6) is 0 Å². The van der Waals surface area contributed by atoms with Crippen LogP contribution >= 0.6 is 0 Å². The smallest absolute Gasteiger partial charge is 0.0826 e. The number of benzene rings is 1. The molecule has 112 valence electrons. The lowest BCUT2D eigenvalue weighted by Gasteiger charge is -2.35. The molecule has 1 atom stereocenters. The molecule has 0 aromatic heterocycles. The van der Waals surface area contributed by atoms with Crippen molar-refractivity contribution in [3.05, 3.63) is 35.4 Å². The summed E-state index contributed by atoms with van der Waals surface area (Å²) in [5, 5.41) is 12.5. The van der Waals surface area contributed by atoms with Crippen molar-refractivity contribution in [2.75, 3.05) is 26.2 Å². The summed E-state index contributed by atoms with van der Waals surface area (Å²) in [6.07, 6.45) is 0.280. The molecule has 0 spiro atoms. The summed E-state index contributed by atoms with van der Waals surface area (Å²) in [7, 11) is 0. The number of aliphatic hydroxyl groups is 1. The van der Waals surface area contributed by atoms with Gasteiger partial charge in [-0.2, -0.15) is 0 Å². The number of hydrogen-bond donors (Lipinski definition) is 2. The van der Waals surface area contributed by atoms with Gasteiger partial charge in [0.05, 0.1) is 19.3 Å². The predicted molar refractivity (Wildman–Crippen MR) is 80.5 cm³/mol. The van der Waals surface area contributed by atoms with Crippen LogP contribution in [0.4, 0.5) is 0 Å². The van der Waals surface area contributed by atoms with Crippen molar-refractivity contribution in [2.45, 2.75) is 39.1 Å². The van der Waals surface area contributed by atoms with Gasteiger partial charge < -0.3 is 15.2 Å². The van der Waals surface area contributed by atoms with Crippen LogP contribution in [-0.4, -0.2) is 48.4 Å². The van der Waals surface area contributed by atoms with Crippen molar-refractivity contribution in [3.63, 3.8) is 0 Å². The van der Waals surface area contributed by atoms with E-state index in [0.29, 0.717) is 6.04 Å². The Balaban J connectivity index is 1.72. The van der Waals surface area contributed by atoms with Crippen LogP contribution in [0.3, 0.4) is 0 Å². The second-order valence-corrected chi connectivity index (χ2v) is 5.69. The van der Waals surface area contributed by atoms with Gasteiger partial charge in [-0.1, -0.05) is 24.3 Å². The Hall–Kier alpha value is -0.940. The van der Waals surface area contributed by atoms with Gasteiger partial charge in [0.15, 0.2) is 0 Å². The second kappa shape index (κ2) is 7.74. The molecule has 0 radical (unpaired) electrons. The summed E-state index contributed by atoms with van der Waals surface area (Å²) in [5.74, 6) is 0. The van der Waals surface area contributed by atoms with E-state index in [0.717, 1.165) is 38.3 Å². The molecule has 20 heavy (non-hydrogen) atoms. The summed E-state index contributed by atoms with van der Waals surface area (Å²) in [5.41, 5.74) is 2.19. The van der Waals surface area contributed by atoms with Crippen LogP contribution in [0.2, 0.25) is 0 Å². The number of nitrogens with zero attached hydrogens (tertiary/aromatic N) is 1. The average molecular weight is 278 g/mol. The lowest BCUT2D eigenvalue weighted by atomic mass is 10.1. The fraction of sp³-hybridized carbons (Fsp3) is 0.625. The van der Waals surface area contributed by atoms with Gasteiger partial charge in [0, 0.05) is 32.2 Å². The fourth-order valence-electron chi connectivity index (χ4n) is 2.47. The first-order valence-corrected chi connectivity index (χ1v) is 7.44. The topological polar surface area (TPSA) is 44.7 Å². The van der Waals surface area contributed by atoms with Crippen LogP contribution in [0, 0.1) is 0 Å². The Kier molecular flexibility index (Phi) is 5.98. The molecule has 1 aromatic carbocycles. The monoisotopic (exact) mass is 278 g/mol. The van der Waals surface area contributed by atoms with Gasteiger partial charge in [-0.25, -0.2) is 0 Å². The van der Waals surface area contributed by atoms with E-state index in [4.69, 9.17) is 9.84 Å². The molecule has 4 heteroatoms. The molecule has 1 aliphatic rings. The molecule has 1 unspecified atom stereocenters. The van der Waals surface area contributed by atoms with Crippen LogP contribution in [0.15, 0.2) is 24.3 Å². The van der Waals surface area contributed by atoms with E-state index < -0.39 is 0 Å². The summed E-state index contributed by atoms with van der Waals surface area (Å²) >= 11 is 0. The Morgan fingerprint density at radius 3 is 2.65 bits per heavy atom. The third kappa shape index (κ3) is 4.56. The summed E-state index contributed by atoms with van der Waals surface area (Å²) in [6.45, 7) is 9.17. The van der Waals surface area contributed by atoms with Gasteiger partial charge in [-0.15, -0.1) is 0 Å². The highest BCUT2D eigenvalue weighted by molar-refractivity contribution is 5.21. The van der Waals surface area contributed by atoms with Crippen molar-refractivity contribution in [1.82, 2.24) is 10.2 Å². The van der Waals surface area contributed by atoms with E-state index in [1.54, 1.807) is 0 Å². The quantitative estimate of drug-likeness (QED) is 0.825. The number of ether oxygens (including phenoxy) is 1. The first-order chi connectivity index (χ1) is 9.69. The third-order valence-electron chi connectivity index (χ3n) is 3.81. The SMILES string of the molecule is CC(C)N1CCOC(CNCc2ccc(CO)cc2)C1. The molecule has 2 rings (SSSR count). The molecule has 1 aromatic rings. The Labute approximate surface area is 121 Å². The maximum Gasteiger partial charge on any atom is 0.0826 e. The van der Waals surface area contributed by atoms with Crippen LogP contribution in [-0.2, 0) is 17.9 Å². The van der Waals surface area contributed by atoms with Crippen LogP contribution in [0.25, 0.3) is 0 Å². The Morgan fingerprint density at radius 2 is 2.00 bits per heavy atom. The van der Waals surface area contributed by atoms with Crippen LogP contribution < -0.4 is 5.32 Å². The largest absolute Gasteiger partial charge is 0.392 e. The maximum atomic E-state index is 9.01. The maximum absolute atomic E-state index is 9.01. The van der Waals surface area contributed by atoms with Crippen LogP contribution in [0.1, 0.15) is 25.0 Å². The Bertz CT molecular complexity index is 392. The molecule has 1 fully saturated rings. The summed E-state index contributed by atoms with van der Waals surface area (Å²) < 4.78 is 5.80. The van der Waals surface area contributed by atoms with Crippen molar-refractivity contribution >= 4 is 0 Å². The van der Waals surface area contributed by atoms with Crippen molar-refractivity contribution in [2.24, 2.45) is 0 Å². The zero-order chi connectivity index (χ0) is 14.4. The minimum Gasteiger partial charge on any atom is -0.392 e. The number of morpholine rings is 1. The molecular formula is C16H26N2O2. The lowest BCUT2D eigenvalue weighted by molar-refractivity contribution is -0.0372. The average Bonchev–Trinajstić information content (AvgIpc) is 2.48. The minimum atomic E-state index is 0.106. The van der Waals surface area contributed by atoms with E-state index in [9.17, 15) is 0 Å². The lowest BCUT2D eigenvalue weighted by Crippen LogP contribution is -2.48. The molecule has 1 aliphatic heterocycles. The molecule has 4 nitrogen and oxygen atoms in total. The molecule has 0 amide bonds. The molecule has 0 aliphatic carbocycles. The number of nitrogens with one attached hydrogen (secondary N) is 1. The molecule has 0 saturated carbocycles. The highest BCUT2D eigenvalue weighted by Crippen LogP contribution is 2.09. The van der Waals surface area contributed by atoms with Gasteiger partial charge in [0.1, 0.15) is 0 Å². The Morgan fingerprint density at radius 1 is 1.30 bits per heavy atom. The molecule has 2 N–H and O–H groups in total.